The van der Waals surface area contributed by atoms with Crippen LogP contribution >= 0.6 is 19.4 Å². The van der Waals surface area contributed by atoms with E-state index in [0.717, 1.165) is 0 Å². The van der Waals surface area contributed by atoms with E-state index in [2.05, 4.69) is 14.5 Å². The van der Waals surface area contributed by atoms with E-state index in [1.165, 1.54) is 24.4 Å². The summed E-state index contributed by atoms with van der Waals surface area (Å²) in [5, 5.41) is 1.35. The number of hydrogen-bond acceptors (Lipinski definition) is 7. The zero-order valence-electron chi connectivity index (χ0n) is 22.2. The zero-order valence-corrected chi connectivity index (χ0v) is 24.6. The maximum Gasteiger partial charge on any atom is 0.469 e. The second-order valence-corrected chi connectivity index (χ2v) is 13.2. The van der Waals surface area contributed by atoms with Crippen LogP contribution < -0.4 is 4.74 Å². The molecule has 0 saturated carbocycles. The number of likely N-dealkylation sites (N-methyl/N-ethyl adjacent to an activating group) is 1. The van der Waals surface area contributed by atoms with E-state index in [0.29, 0.717) is 39.1 Å². The molecule has 0 radical (unpaired) electrons. The summed E-state index contributed by atoms with van der Waals surface area (Å²) in [5.74, 6) is -0.222. The molecule has 2 heterocycles. The van der Waals surface area contributed by atoms with Crippen LogP contribution in [0.25, 0.3) is 33.1 Å². The van der Waals surface area contributed by atoms with Crippen molar-refractivity contribution in [3.63, 3.8) is 0 Å². The number of phosphoric ester groups is 1. The lowest BCUT2D eigenvalue weighted by Crippen LogP contribution is -2.34. The molecule has 0 spiro atoms. The molecule has 4 rings (SSSR count). The average Bonchev–Trinajstić information content (AvgIpc) is 3.29. The first-order valence-electron chi connectivity index (χ1n) is 12.7. The summed E-state index contributed by atoms with van der Waals surface area (Å²) in [6.07, 6.45) is -2.90. The van der Waals surface area contributed by atoms with Crippen molar-refractivity contribution in [2.45, 2.75) is 31.3 Å². The van der Waals surface area contributed by atoms with E-state index in [4.69, 9.17) is 26.1 Å². The SMILES string of the molecule is CCN(CCOP(=O)(O)O)CCC(F)(F)Oc1ccc(-c2cccc(S(=O)(=O)CC)c2)c2c1[nH]c1ncc(Cl)cc12. The van der Waals surface area contributed by atoms with Crippen molar-refractivity contribution in [3.05, 3.63) is 53.7 Å². The molecule has 222 valence electrons. The molecule has 0 fully saturated rings. The van der Waals surface area contributed by atoms with Gasteiger partial charge in [0.25, 0.3) is 0 Å². The van der Waals surface area contributed by atoms with Gasteiger partial charge in [-0.25, -0.2) is 18.0 Å². The topological polar surface area (TPSA) is 142 Å². The third kappa shape index (κ3) is 7.61. The molecular weight excluding hydrogens is 603 g/mol. The first-order valence-corrected chi connectivity index (χ1v) is 16.2. The summed E-state index contributed by atoms with van der Waals surface area (Å²) in [6, 6.07) is 11.0. The Balaban J connectivity index is 1.68. The summed E-state index contributed by atoms with van der Waals surface area (Å²) < 4.78 is 75.7. The molecule has 0 aliphatic heterocycles. The van der Waals surface area contributed by atoms with Crippen LogP contribution in [-0.2, 0) is 18.9 Å². The molecule has 0 aliphatic rings. The number of phosphoric acid groups is 1. The maximum atomic E-state index is 15.1. The molecule has 0 unspecified atom stereocenters. The van der Waals surface area contributed by atoms with Gasteiger partial charge in [-0.15, -0.1) is 0 Å². The highest BCUT2D eigenvalue weighted by Gasteiger charge is 2.33. The number of hydrogen-bond donors (Lipinski definition) is 3. The van der Waals surface area contributed by atoms with Crippen molar-refractivity contribution in [2.75, 3.05) is 32.0 Å². The predicted octanol–water partition coefficient (Wildman–Crippen LogP) is 5.62. The molecule has 2 aromatic carbocycles. The third-order valence-corrected chi connectivity index (χ3v) is 8.97. The van der Waals surface area contributed by atoms with Gasteiger partial charge in [-0.3, -0.25) is 4.52 Å². The van der Waals surface area contributed by atoms with Crippen molar-refractivity contribution in [3.8, 4) is 16.9 Å². The van der Waals surface area contributed by atoms with Crippen LogP contribution in [0.3, 0.4) is 0 Å². The van der Waals surface area contributed by atoms with Crippen molar-refractivity contribution in [1.29, 1.82) is 0 Å². The van der Waals surface area contributed by atoms with E-state index in [-0.39, 0.29) is 41.6 Å². The second kappa shape index (κ2) is 12.3. The average molecular weight is 632 g/mol. The van der Waals surface area contributed by atoms with E-state index in [1.54, 1.807) is 43.0 Å². The van der Waals surface area contributed by atoms with Gasteiger partial charge in [-0.2, -0.15) is 8.78 Å². The number of halogens is 3. The lowest BCUT2D eigenvalue weighted by molar-refractivity contribution is -0.182. The summed E-state index contributed by atoms with van der Waals surface area (Å²) in [6.45, 7) is 3.21. The number of nitrogens with zero attached hydrogens (tertiary/aromatic N) is 2. The summed E-state index contributed by atoms with van der Waals surface area (Å²) >= 11 is 6.21. The molecule has 0 amide bonds. The molecule has 4 aromatic rings. The Morgan fingerprint density at radius 1 is 1.15 bits per heavy atom. The number of H-pyrrole nitrogens is 1. The third-order valence-electron chi connectivity index (χ3n) is 6.51. The van der Waals surface area contributed by atoms with Gasteiger partial charge < -0.3 is 24.4 Å². The number of sulfone groups is 1. The molecule has 10 nitrogen and oxygen atoms in total. The van der Waals surface area contributed by atoms with Crippen LogP contribution in [-0.4, -0.2) is 71.2 Å². The number of aromatic amines is 1. The van der Waals surface area contributed by atoms with E-state index in [1.807, 2.05) is 0 Å². The lowest BCUT2D eigenvalue weighted by Gasteiger charge is -2.24. The lowest BCUT2D eigenvalue weighted by atomic mass is 9.99. The number of pyridine rings is 1. The number of ether oxygens (including phenoxy) is 1. The molecule has 0 atom stereocenters. The van der Waals surface area contributed by atoms with Crippen LogP contribution in [0, 0.1) is 0 Å². The van der Waals surface area contributed by atoms with E-state index in [9.17, 15) is 13.0 Å². The van der Waals surface area contributed by atoms with Crippen LogP contribution in [0.5, 0.6) is 5.75 Å². The minimum atomic E-state index is -4.65. The van der Waals surface area contributed by atoms with Crippen LogP contribution in [0.2, 0.25) is 5.02 Å². The number of aromatic nitrogens is 2. The highest BCUT2D eigenvalue weighted by Crippen LogP contribution is 2.41. The Morgan fingerprint density at radius 2 is 1.90 bits per heavy atom. The maximum absolute atomic E-state index is 15.1. The van der Waals surface area contributed by atoms with Crippen molar-refractivity contribution in [1.82, 2.24) is 14.9 Å². The fourth-order valence-corrected chi connectivity index (χ4v) is 5.80. The Bertz CT molecular complexity index is 1710. The second-order valence-electron chi connectivity index (χ2n) is 9.21. The number of benzene rings is 2. The van der Waals surface area contributed by atoms with Gasteiger partial charge in [-0.1, -0.05) is 37.6 Å². The highest BCUT2D eigenvalue weighted by atomic mass is 35.5. The number of nitrogens with one attached hydrogen (secondary N) is 1. The smallest absolute Gasteiger partial charge is 0.430 e. The minimum absolute atomic E-state index is 0.0396. The Labute approximate surface area is 240 Å². The first-order chi connectivity index (χ1) is 19.2. The van der Waals surface area contributed by atoms with Crippen molar-refractivity contribution < 1.29 is 40.8 Å². The van der Waals surface area contributed by atoms with Crippen molar-refractivity contribution >= 4 is 51.2 Å². The van der Waals surface area contributed by atoms with Gasteiger partial charge in [-0.05, 0) is 48.0 Å². The predicted molar refractivity (Wildman–Crippen MR) is 152 cm³/mol. The van der Waals surface area contributed by atoms with Crippen LogP contribution in [0.1, 0.15) is 20.3 Å². The van der Waals surface area contributed by atoms with Gasteiger partial charge in [0.05, 0.1) is 34.2 Å². The quantitative estimate of drug-likeness (QED) is 0.160. The Hall–Kier alpha value is -2.64. The monoisotopic (exact) mass is 631 g/mol. The van der Waals surface area contributed by atoms with E-state index < -0.39 is 30.2 Å². The number of alkyl halides is 2. The van der Waals surface area contributed by atoms with Crippen molar-refractivity contribution in [2.24, 2.45) is 0 Å². The summed E-state index contributed by atoms with van der Waals surface area (Å²) in [4.78, 5) is 26.6. The van der Waals surface area contributed by atoms with Gasteiger partial charge in [0, 0.05) is 30.1 Å². The van der Waals surface area contributed by atoms with Gasteiger partial charge in [0.2, 0.25) is 0 Å². The molecule has 0 saturated heterocycles. The molecule has 41 heavy (non-hydrogen) atoms. The van der Waals surface area contributed by atoms with E-state index >= 15 is 8.78 Å². The highest BCUT2D eigenvalue weighted by molar-refractivity contribution is 7.91. The summed E-state index contributed by atoms with van der Waals surface area (Å²) in [7, 11) is -8.15. The molecule has 0 bridgehead atoms. The van der Waals surface area contributed by atoms with Gasteiger partial charge >= 0.3 is 13.9 Å². The Kier molecular flexibility index (Phi) is 9.39. The van der Waals surface area contributed by atoms with Gasteiger partial charge in [0.15, 0.2) is 15.6 Å². The van der Waals surface area contributed by atoms with Crippen LogP contribution in [0.15, 0.2) is 53.6 Å². The minimum Gasteiger partial charge on any atom is -0.430 e. The molecular formula is C26H29ClF2N3O7PS. The first kappa shape index (κ1) is 31.3. The summed E-state index contributed by atoms with van der Waals surface area (Å²) in [5.41, 5.74) is 1.74. The number of rotatable bonds is 13. The fourth-order valence-electron chi connectivity index (χ4n) is 4.40. The van der Waals surface area contributed by atoms with Gasteiger partial charge in [0.1, 0.15) is 5.65 Å². The molecule has 2 aromatic heterocycles. The molecule has 15 heteroatoms. The zero-order chi connectivity index (χ0) is 30.0. The fraction of sp³-hybridized carbons (Fsp3) is 0.346. The largest absolute Gasteiger partial charge is 0.469 e. The van der Waals surface area contributed by atoms with Crippen LogP contribution in [0.4, 0.5) is 8.78 Å². The standard InChI is InChI=1S/C26H29ClF2N3O7PS/c1-3-32(12-13-38-40(33,34)35)11-10-26(28,29)39-22-9-8-20(17-6-5-7-19(14-17)41(36,37)4-2)23-21-15-18(27)16-30-25(21)31-24(22)23/h5-9,14-16H,3-4,10-13H2,1-2H3,(H,30,31)(H2,33,34,35). The number of fused-ring (bicyclic) bond motifs is 3. The Morgan fingerprint density at radius 3 is 2.59 bits per heavy atom. The normalized spacial score (nSPS) is 13.0. The molecule has 3 N–H and O–H groups in total. The molecule has 0 aliphatic carbocycles.